The van der Waals surface area contributed by atoms with E-state index in [-0.39, 0.29) is 12.1 Å². The van der Waals surface area contributed by atoms with E-state index in [2.05, 4.69) is 37.4 Å². The van der Waals surface area contributed by atoms with Gasteiger partial charge in [-0.2, -0.15) is 0 Å². The molecule has 0 saturated carbocycles. The molecule has 2 nitrogen and oxygen atoms in total. The topological polar surface area (TPSA) is 32.3 Å². The fraction of sp³-hybridized carbons (Fsp3) is 0.571. The minimum Gasteiger partial charge on any atom is -0.381 e. The average molecular weight is 219 g/mol. The number of rotatable bonds is 4. The second-order valence-electron chi connectivity index (χ2n) is 5.31. The number of benzene rings is 1. The van der Waals surface area contributed by atoms with Crippen molar-refractivity contribution in [1.82, 2.24) is 5.32 Å². The normalized spacial score (nSPS) is 15.2. The zero-order valence-electron chi connectivity index (χ0n) is 10.2. The van der Waals surface area contributed by atoms with Crippen molar-refractivity contribution in [2.75, 3.05) is 13.3 Å². The number of aliphatic hydroxyl groups excluding tert-OH is 1. The van der Waals surface area contributed by atoms with Crippen molar-refractivity contribution in [2.45, 2.75) is 38.5 Å². The summed E-state index contributed by atoms with van der Waals surface area (Å²) in [6, 6.07) is 6.86. The molecule has 0 amide bonds. The predicted molar refractivity (Wildman–Crippen MR) is 66.6 cm³/mol. The lowest BCUT2D eigenvalue weighted by molar-refractivity contribution is 0.247. The summed E-state index contributed by atoms with van der Waals surface area (Å²) in [7, 11) is 0. The molecule has 1 aliphatic carbocycles. The first-order chi connectivity index (χ1) is 7.63. The second kappa shape index (κ2) is 4.56. The third-order valence-electron chi connectivity index (χ3n) is 3.56. The van der Waals surface area contributed by atoms with Gasteiger partial charge in [0.2, 0.25) is 0 Å². The standard InChI is InChI=1S/C14H21NO/c1-14(2,9-15-10-16)13-7-6-11-4-3-5-12(11)8-13/h6-8,15-16H,3-5,9-10H2,1-2H3. The van der Waals surface area contributed by atoms with Crippen molar-refractivity contribution in [1.29, 1.82) is 0 Å². The van der Waals surface area contributed by atoms with E-state index in [1.807, 2.05) is 0 Å². The smallest absolute Gasteiger partial charge is 0.0931 e. The Morgan fingerprint density at radius 3 is 2.75 bits per heavy atom. The SMILES string of the molecule is CC(C)(CNCO)c1ccc2c(c1)CCC2. The van der Waals surface area contributed by atoms with Gasteiger partial charge in [-0.05, 0) is 36.0 Å². The molecule has 0 aromatic heterocycles. The Labute approximate surface area is 97.7 Å². The van der Waals surface area contributed by atoms with Crippen LogP contribution in [-0.4, -0.2) is 18.4 Å². The highest BCUT2D eigenvalue weighted by atomic mass is 16.3. The van der Waals surface area contributed by atoms with Gasteiger partial charge in [0.25, 0.3) is 0 Å². The summed E-state index contributed by atoms with van der Waals surface area (Å²) < 4.78 is 0. The zero-order chi connectivity index (χ0) is 11.6. The van der Waals surface area contributed by atoms with Crippen LogP contribution in [0.5, 0.6) is 0 Å². The van der Waals surface area contributed by atoms with Crippen LogP contribution in [0.25, 0.3) is 0 Å². The lowest BCUT2D eigenvalue weighted by atomic mass is 9.83. The van der Waals surface area contributed by atoms with E-state index in [1.165, 1.54) is 36.0 Å². The number of nitrogens with one attached hydrogen (secondary N) is 1. The van der Waals surface area contributed by atoms with Gasteiger partial charge in [0.15, 0.2) is 0 Å². The summed E-state index contributed by atoms with van der Waals surface area (Å²) in [6.07, 6.45) is 3.77. The van der Waals surface area contributed by atoms with Crippen LogP contribution < -0.4 is 5.32 Å². The summed E-state index contributed by atoms with van der Waals surface area (Å²) in [4.78, 5) is 0. The molecule has 0 radical (unpaired) electrons. The summed E-state index contributed by atoms with van der Waals surface area (Å²) in [5.74, 6) is 0. The van der Waals surface area contributed by atoms with Crippen molar-refractivity contribution >= 4 is 0 Å². The Hall–Kier alpha value is -0.860. The van der Waals surface area contributed by atoms with Crippen molar-refractivity contribution in [3.8, 4) is 0 Å². The monoisotopic (exact) mass is 219 g/mol. The van der Waals surface area contributed by atoms with E-state index < -0.39 is 0 Å². The van der Waals surface area contributed by atoms with Gasteiger partial charge in [0.1, 0.15) is 0 Å². The third kappa shape index (κ3) is 2.28. The van der Waals surface area contributed by atoms with Crippen LogP contribution in [-0.2, 0) is 18.3 Å². The minimum absolute atomic E-state index is 0.0500. The van der Waals surface area contributed by atoms with Crippen LogP contribution in [0.1, 0.15) is 37.0 Å². The summed E-state index contributed by atoms with van der Waals surface area (Å²) in [6.45, 7) is 5.29. The van der Waals surface area contributed by atoms with Crippen LogP contribution in [0.4, 0.5) is 0 Å². The van der Waals surface area contributed by atoms with E-state index in [1.54, 1.807) is 0 Å². The molecule has 1 aliphatic rings. The van der Waals surface area contributed by atoms with Gasteiger partial charge in [-0.1, -0.05) is 32.0 Å². The summed E-state index contributed by atoms with van der Waals surface area (Å²) in [5.41, 5.74) is 4.50. The van der Waals surface area contributed by atoms with Gasteiger partial charge in [0, 0.05) is 12.0 Å². The highest BCUT2D eigenvalue weighted by Gasteiger charge is 2.22. The maximum atomic E-state index is 8.82. The molecule has 1 aromatic carbocycles. The van der Waals surface area contributed by atoms with Crippen molar-refractivity contribution < 1.29 is 5.11 Å². The number of aryl methyl sites for hydroxylation is 2. The Balaban J connectivity index is 2.20. The van der Waals surface area contributed by atoms with E-state index in [0.29, 0.717) is 0 Å². The highest BCUT2D eigenvalue weighted by Crippen LogP contribution is 2.28. The van der Waals surface area contributed by atoms with E-state index in [0.717, 1.165) is 6.54 Å². The molecular weight excluding hydrogens is 198 g/mol. The first kappa shape index (κ1) is 11.6. The van der Waals surface area contributed by atoms with E-state index in [4.69, 9.17) is 5.11 Å². The molecule has 0 heterocycles. The van der Waals surface area contributed by atoms with E-state index >= 15 is 0 Å². The van der Waals surface area contributed by atoms with Crippen molar-refractivity contribution in [3.05, 3.63) is 34.9 Å². The van der Waals surface area contributed by atoms with Crippen LogP contribution >= 0.6 is 0 Å². The number of fused-ring (bicyclic) bond motifs is 1. The molecule has 0 aliphatic heterocycles. The molecule has 2 N–H and O–H groups in total. The lowest BCUT2D eigenvalue weighted by Gasteiger charge is -2.26. The lowest BCUT2D eigenvalue weighted by Crippen LogP contribution is -2.33. The van der Waals surface area contributed by atoms with Crippen LogP contribution in [0.15, 0.2) is 18.2 Å². The maximum absolute atomic E-state index is 8.82. The van der Waals surface area contributed by atoms with Gasteiger partial charge >= 0.3 is 0 Å². The van der Waals surface area contributed by atoms with Crippen LogP contribution in [0.3, 0.4) is 0 Å². The number of hydrogen-bond donors (Lipinski definition) is 2. The Morgan fingerprint density at radius 1 is 1.25 bits per heavy atom. The van der Waals surface area contributed by atoms with Gasteiger partial charge in [0.05, 0.1) is 6.73 Å². The molecule has 0 atom stereocenters. The van der Waals surface area contributed by atoms with Crippen LogP contribution in [0.2, 0.25) is 0 Å². The molecule has 2 rings (SSSR count). The molecule has 0 saturated heterocycles. The third-order valence-corrected chi connectivity index (χ3v) is 3.56. The fourth-order valence-corrected chi connectivity index (χ4v) is 2.46. The minimum atomic E-state index is 0.0500. The maximum Gasteiger partial charge on any atom is 0.0931 e. The summed E-state index contributed by atoms with van der Waals surface area (Å²) in [5, 5.41) is 11.8. The molecule has 0 bridgehead atoms. The molecular formula is C14H21NO. The quantitative estimate of drug-likeness (QED) is 0.759. The molecule has 1 aromatic rings. The first-order valence-corrected chi connectivity index (χ1v) is 6.07. The molecule has 0 spiro atoms. The number of aliphatic hydroxyl groups is 1. The van der Waals surface area contributed by atoms with Gasteiger partial charge < -0.3 is 5.11 Å². The van der Waals surface area contributed by atoms with Crippen LogP contribution in [0, 0.1) is 0 Å². The van der Waals surface area contributed by atoms with Crippen molar-refractivity contribution in [2.24, 2.45) is 0 Å². The Kier molecular flexibility index (Phi) is 3.31. The summed E-state index contributed by atoms with van der Waals surface area (Å²) >= 11 is 0. The van der Waals surface area contributed by atoms with Crippen molar-refractivity contribution in [3.63, 3.8) is 0 Å². The number of hydrogen-bond acceptors (Lipinski definition) is 2. The molecule has 0 unspecified atom stereocenters. The van der Waals surface area contributed by atoms with Gasteiger partial charge in [-0.25, -0.2) is 0 Å². The molecule has 16 heavy (non-hydrogen) atoms. The van der Waals surface area contributed by atoms with E-state index in [9.17, 15) is 0 Å². The molecule has 0 fully saturated rings. The molecule has 88 valence electrons. The fourth-order valence-electron chi connectivity index (χ4n) is 2.46. The largest absolute Gasteiger partial charge is 0.381 e. The molecule has 2 heteroatoms. The second-order valence-corrected chi connectivity index (χ2v) is 5.31. The highest BCUT2D eigenvalue weighted by molar-refractivity contribution is 5.38. The van der Waals surface area contributed by atoms with Gasteiger partial charge in [-0.15, -0.1) is 0 Å². The first-order valence-electron chi connectivity index (χ1n) is 6.07. The predicted octanol–water partition coefficient (Wildman–Crippen LogP) is 1.99. The Bertz CT molecular complexity index is 371. The Morgan fingerprint density at radius 2 is 2.00 bits per heavy atom. The van der Waals surface area contributed by atoms with Gasteiger partial charge in [-0.3, -0.25) is 5.32 Å². The zero-order valence-corrected chi connectivity index (χ0v) is 10.2. The average Bonchev–Trinajstić information content (AvgIpc) is 2.73.